The Balaban J connectivity index is 1.38. The zero-order chi connectivity index (χ0) is 18.4. The molecule has 0 unspecified atom stereocenters. The molecule has 1 saturated heterocycles. The number of nitrogens with zero attached hydrogens (tertiary/aromatic N) is 2. The topological polar surface area (TPSA) is 54.5 Å². The molecule has 0 saturated carbocycles. The highest BCUT2D eigenvalue weighted by Crippen LogP contribution is 2.23. The van der Waals surface area contributed by atoms with Crippen LogP contribution in [0.1, 0.15) is 18.5 Å². The molecular formula is C20H24FN3O2. The molecule has 0 atom stereocenters. The van der Waals surface area contributed by atoms with Gasteiger partial charge < -0.3 is 15.0 Å². The van der Waals surface area contributed by atoms with Crippen LogP contribution in [0.4, 0.5) is 10.1 Å². The largest absolute Gasteiger partial charge is 0.481 e. The Morgan fingerprint density at radius 3 is 2.81 bits per heavy atom. The number of rotatable bonds is 6. The van der Waals surface area contributed by atoms with Gasteiger partial charge in [0.15, 0.2) is 18.2 Å². The van der Waals surface area contributed by atoms with Gasteiger partial charge in [0, 0.05) is 37.2 Å². The summed E-state index contributed by atoms with van der Waals surface area (Å²) in [6.07, 6.45) is 3.89. The molecule has 6 heteroatoms. The van der Waals surface area contributed by atoms with Crippen LogP contribution in [0.15, 0.2) is 42.6 Å². The van der Waals surface area contributed by atoms with E-state index in [4.69, 9.17) is 4.74 Å². The summed E-state index contributed by atoms with van der Waals surface area (Å²) < 4.78 is 18.7. The maximum Gasteiger partial charge on any atom is 0.257 e. The van der Waals surface area contributed by atoms with Crippen molar-refractivity contribution < 1.29 is 13.9 Å². The molecule has 2 heterocycles. The van der Waals surface area contributed by atoms with Gasteiger partial charge in [0.25, 0.3) is 5.91 Å². The number of amides is 1. The molecule has 0 aliphatic carbocycles. The fraction of sp³-hybridized carbons (Fsp3) is 0.400. The van der Waals surface area contributed by atoms with Crippen LogP contribution in [0.25, 0.3) is 0 Å². The van der Waals surface area contributed by atoms with Crippen LogP contribution in [-0.4, -0.2) is 37.1 Å². The summed E-state index contributed by atoms with van der Waals surface area (Å²) >= 11 is 0. The van der Waals surface area contributed by atoms with Gasteiger partial charge in [0.05, 0.1) is 0 Å². The van der Waals surface area contributed by atoms with Crippen molar-refractivity contribution in [2.75, 3.05) is 31.1 Å². The molecule has 1 N–H and O–H groups in total. The van der Waals surface area contributed by atoms with Gasteiger partial charge in [-0.1, -0.05) is 12.1 Å². The van der Waals surface area contributed by atoms with Crippen molar-refractivity contribution in [1.29, 1.82) is 0 Å². The number of benzene rings is 1. The predicted octanol–water partition coefficient (Wildman–Crippen LogP) is 2.94. The smallest absolute Gasteiger partial charge is 0.257 e. The number of aromatic nitrogens is 1. The number of piperidine rings is 1. The number of hydrogen-bond donors (Lipinski definition) is 1. The van der Waals surface area contributed by atoms with E-state index in [0.29, 0.717) is 12.5 Å². The zero-order valence-corrected chi connectivity index (χ0v) is 15.0. The SMILES string of the molecule is Cc1cc(N2CCC(CNC(=O)COc3ccccc3F)CC2)ccn1. The van der Waals surface area contributed by atoms with Crippen molar-refractivity contribution in [1.82, 2.24) is 10.3 Å². The molecule has 138 valence electrons. The summed E-state index contributed by atoms with van der Waals surface area (Å²) in [7, 11) is 0. The molecule has 0 radical (unpaired) electrons. The average molecular weight is 357 g/mol. The second-order valence-electron chi connectivity index (χ2n) is 6.61. The van der Waals surface area contributed by atoms with Gasteiger partial charge in [-0.05, 0) is 49.9 Å². The van der Waals surface area contributed by atoms with Gasteiger partial charge in [-0.25, -0.2) is 4.39 Å². The average Bonchev–Trinajstić information content (AvgIpc) is 2.66. The summed E-state index contributed by atoms with van der Waals surface area (Å²) in [4.78, 5) is 18.5. The molecule has 2 aromatic rings. The van der Waals surface area contributed by atoms with E-state index in [1.54, 1.807) is 12.1 Å². The maximum absolute atomic E-state index is 13.5. The number of nitrogens with one attached hydrogen (secondary N) is 1. The number of hydrogen-bond acceptors (Lipinski definition) is 4. The summed E-state index contributed by atoms with van der Waals surface area (Å²) in [5.74, 6) is -0.130. The lowest BCUT2D eigenvalue weighted by Crippen LogP contribution is -2.39. The molecule has 0 bridgehead atoms. The molecule has 3 rings (SSSR count). The number of anilines is 1. The first-order valence-electron chi connectivity index (χ1n) is 8.93. The van der Waals surface area contributed by atoms with E-state index in [1.807, 2.05) is 19.2 Å². The van der Waals surface area contributed by atoms with E-state index in [-0.39, 0.29) is 18.3 Å². The van der Waals surface area contributed by atoms with Crippen molar-refractivity contribution in [2.24, 2.45) is 5.92 Å². The minimum Gasteiger partial charge on any atom is -0.481 e. The third kappa shape index (κ3) is 4.94. The lowest BCUT2D eigenvalue weighted by molar-refractivity contribution is -0.123. The minimum atomic E-state index is -0.459. The Bertz CT molecular complexity index is 745. The molecule has 1 aliphatic heterocycles. The molecule has 5 nitrogen and oxygen atoms in total. The van der Waals surface area contributed by atoms with Gasteiger partial charge in [-0.3, -0.25) is 9.78 Å². The van der Waals surface area contributed by atoms with Gasteiger partial charge in [-0.15, -0.1) is 0 Å². The van der Waals surface area contributed by atoms with Crippen molar-refractivity contribution in [3.63, 3.8) is 0 Å². The van der Waals surface area contributed by atoms with Crippen molar-refractivity contribution in [2.45, 2.75) is 19.8 Å². The number of pyridine rings is 1. The standard InChI is InChI=1S/C20H24FN3O2/c1-15-12-17(6-9-22-15)24-10-7-16(8-11-24)13-23-20(25)14-26-19-5-3-2-4-18(19)21/h2-6,9,12,16H,7-8,10-11,13-14H2,1H3,(H,23,25). The molecule has 26 heavy (non-hydrogen) atoms. The number of halogens is 1. The van der Waals surface area contributed by atoms with Crippen molar-refractivity contribution >= 4 is 11.6 Å². The Labute approximate surface area is 153 Å². The number of carbonyl (C=O) groups is 1. The summed E-state index contributed by atoms with van der Waals surface area (Å²) in [6, 6.07) is 10.2. The van der Waals surface area contributed by atoms with Gasteiger partial charge in [0.1, 0.15) is 0 Å². The fourth-order valence-corrected chi connectivity index (χ4v) is 3.14. The highest BCUT2D eigenvalue weighted by Gasteiger charge is 2.20. The monoisotopic (exact) mass is 357 g/mol. The number of ether oxygens (including phenoxy) is 1. The molecule has 1 aliphatic rings. The van der Waals surface area contributed by atoms with Gasteiger partial charge >= 0.3 is 0 Å². The number of aryl methyl sites for hydroxylation is 1. The first kappa shape index (κ1) is 18.2. The Hall–Kier alpha value is -2.63. The zero-order valence-electron chi connectivity index (χ0n) is 15.0. The van der Waals surface area contributed by atoms with Crippen LogP contribution in [0.3, 0.4) is 0 Å². The molecule has 1 fully saturated rings. The van der Waals surface area contributed by atoms with Gasteiger partial charge in [0.2, 0.25) is 0 Å². The normalized spacial score (nSPS) is 14.9. The van der Waals surface area contributed by atoms with E-state index < -0.39 is 5.82 Å². The Kier molecular flexibility index (Phi) is 6.04. The molecule has 0 spiro atoms. The predicted molar refractivity (Wildman–Crippen MR) is 98.8 cm³/mol. The minimum absolute atomic E-state index is 0.101. The van der Waals surface area contributed by atoms with Gasteiger partial charge in [-0.2, -0.15) is 0 Å². The van der Waals surface area contributed by atoms with Crippen LogP contribution < -0.4 is 15.0 Å². The lowest BCUT2D eigenvalue weighted by atomic mass is 9.96. The first-order chi connectivity index (χ1) is 12.6. The number of para-hydroxylation sites is 1. The van der Waals surface area contributed by atoms with Crippen LogP contribution in [0.5, 0.6) is 5.75 Å². The van der Waals surface area contributed by atoms with E-state index in [2.05, 4.69) is 21.3 Å². The first-order valence-corrected chi connectivity index (χ1v) is 8.93. The number of carbonyl (C=O) groups excluding carboxylic acids is 1. The second kappa shape index (κ2) is 8.65. The molecular weight excluding hydrogens is 333 g/mol. The Morgan fingerprint density at radius 2 is 2.08 bits per heavy atom. The van der Waals surface area contributed by atoms with Crippen LogP contribution >= 0.6 is 0 Å². The lowest BCUT2D eigenvalue weighted by Gasteiger charge is -2.33. The van der Waals surface area contributed by atoms with Crippen LogP contribution in [0, 0.1) is 18.7 Å². The van der Waals surface area contributed by atoms with Crippen molar-refractivity contribution in [3.05, 3.63) is 54.1 Å². The third-order valence-electron chi connectivity index (χ3n) is 4.64. The third-order valence-corrected chi connectivity index (χ3v) is 4.64. The molecule has 1 aromatic carbocycles. The summed E-state index contributed by atoms with van der Waals surface area (Å²) in [6.45, 7) is 4.39. The maximum atomic E-state index is 13.5. The quantitative estimate of drug-likeness (QED) is 0.864. The van der Waals surface area contributed by atoms with E-state index in [9.17, 15) is 9.18 Å². The highest BCUT2D eigenvalue weighted by atomic mass is 19.1. The fourth-order valence-electron chi connectivity index (χ4n) is 3.14. The van der Waals surface area contributed by atoms with Crippen molar-refractivity contribution in [3.8, 4) is 5.75 Å². The van der Waals surface area contributed by atoms with Crippen LogP contribution in [-0.2, 0) is 4.79 Å². The summed E-state index contributed by atoms with van der Waals surface area (Å²) in [5.41, 5.74) is 2.23. The summed E-state index contributed by atoms with van der Waals surface area (Å²) in [5, 5.41) is 2.89. The van der Waals surface area contributed by atoms with E-state index in [1.165, 1.54) is 17.8 Å². The second-order valence-corrected chi connectivity index (χ2v) is 6.61. The van der Waals surface area contributed by atoms with E-state index >= 15 is 0 Å². The van der Waals surface area contributed by atoms with E-state index in [0.717, 1.165) is 31.6 Å². The van der Waals surface area contributed by atoms with Crippen LogP contribution in [0.2, 0.25) is 0 Å². The Morgan fingerprint density at radius 1 is 1.31 bits per heavy atom. The molecule has 1 aromatic heterocycles. The molecule has 1 amide bonds. The highest BCUT2D eigenvalue weighted by molar-refractivity contribution is 5.77.